The Labute approximate surface area is 180 Å². The fourth-order valence-electron chi connectivity index (χ4n) is 4.45. The second kappa shape index (κ2) is 6.78. The Morgan fingerprint density at radius 2 is 1.58 bits per heavy atom. The highest BCUT2D eigenvalue weighted by atomic mass is 16.3. The summed E-state index contributed by atoms with van der Waals surface area (Å²) >= 11 is 0. The first kappa shape index (κ1) is 17.8. The van der Waals surface area contributed by atoms with Crippen molar-refractivity contribution in [1.82, 2.24) is 4.98 Å². The zero-order valence-corrected chi connectivity index (χ0v) is 17.5. The van der Waals surface area contributed by atoms with E-state index in [2.05, 4.69) is 85.4 Å². The molecule has 0 saturated carbocycles. The van der Waals surface area contributed by atoms with Crippen LogP contribution in [0.25, 0.3) is 55.2 Å². The van der Waals surface area contributed by atoms with E-state index in [9.17, 15) is 0 Å². The topological polar surface area (TPSA) is 29.9 Å². The smallest absolute Gasteiger partial charge is 0.216 e. The average Bonchev–Trinajstić information content (AvgIpc) is 3.19. The molecule has 0 unspecified atom stereocenters. The van der Waals surface area contributed by atoms with Crippen molar-refractivity contribution in [2.24, 2.45) is 7.05 Å². The van der Waals surface area contributed by atoms with Crippen LogP contribution < -0.4 is 4.57 Å². The van der Waals surface area contributed by atoms with Gasteiger partial charge in [0.25, 0.3) is 0 Å². The van der Waals surface area contributed by atoms with Gasteiger partial charge in [0, 0.05) is 34.5 Å². The highest BCUT2D eigenvalue weighted by molar-refractivity contribution is 6.15. The van der Waals surface area contributed by atoms with Gasteiger partial charge in [0.15, 0.2) is 17.4 Å². The van der Waals surface area contributed by atoms with Crippen LogP contribution in [0.1, 0.15) is 5.56 Å². The van der Waals surface area contributed by atoms with Crippen molar-refractivity contribution in [3.05, 3.63) is 96.8 Å². The van der Waals surface area contributed by atoms with Gasteiger partial charge in [0.05, 0.1) is 5.56 Å². The van der Waals surface area contributed by atoms with Gasteiger partial charge < -0.3 is 4.42 Å². The summed E-state index contributed by atoms with van der Waals surface area (Å²) in [6.07, 6.45) is 4.05. The monoisotopic (exact) mass is 401 g/mol. The van der Waals surface area contributed by atoms with E-state index in [4.69, 9.17) is 9.40 Å². The summed E-state index contributed by atoms with van der Waals surface area (Å²) in [5, 5.41) is 3.23. The predicted octanol–water partition coefficient (Wildman–Crippen LogP) is 6.60. The standard InChI is InChI=1S/C28H21N2O/c1-18-12-13-23-26-28(22-11-7-6-10-21(22)17-29-26)31-27(23)25(18)24-16-20(14-15-30(24)2)19-8-4-3-5-9-19/h3-17H,1-2H3/q+1. The van der Waals surface area contributed by atoms with Crippen molar-refractivity contribution in [2.45, 2.75) is 6.92 Å². The highest BCUT2D eigenvalue weighted by Crippen LogP contribution is 2.39. The van der Waals surface area contributed by atoms with Gasteiger partial charge in [-0.25, -0.2) is 4.57 Å². The van der Waals surface area contributed by atoms with Crippen LogP contribution in [0.3, 0.4) is 0 Å². The lowest BCUT2D eigenvalue weighted by molar-refractivity contribution is -0.660. The average molecular weight is 401 g/mol. The third kappa shape index (κ3) is 2.74. The number of benzene rings is 3. The van der Waals surface area contributed by atoms with E-state index >= 15 is 0 Å². The molecule has 0 amide bonds. The number of furan rings is 1. The van der Waals surface area contributed by atoms with Gasteiger partial charge in [-0.05, 0) is 29.7 Å². The van der Waals surface area contributed by atoms with Crippen molar-refractivity contribution >= 4 is 32.8 Å². The molecule has 0 fully saturated rings. The van der Waals surface area contributed by atoms with Crippen molar-refractivity contribution < 1.29 is 8.98 Å². The number of pyridine rings is 2. The minimum Gasteiger partial charge on any atom is -0.453 e. The molecule has 3 aromatic carbocycles. The number of hydrogen-bond acceptors (Lipinski definition) is 2. The van der Waals surface area contributed by atoms with E-state index in [1.807, 2.05) is 24.4 Å². The van der Waals surface area contributed by atoms with Crippen molar-refractivity contribution in [1.29, 1.82) is 0 Å². The molecule has 0 N–H and O–H groups in total. The van der Waals surface area contributed by atoms with Crippen LogP contribution >= 0.6 is 0 Å². The van der Waals surface area contributed by atoms with E-state index in [1.165, 1.54) is 16.7 Å². The Balaban J connectivity index is 1.68. The Morgan fingerprint density at radius 3 is 2.45 bits per heavy atom. The van der Waals surface area contributed by atoms with E-state index in [0.29, 0.717) is 0 Å². The lowest BCUT2D eigenvalue weighted by Gasteiger charge is -2.08. The molecule has 0 bridgehead atoms. The fourth-order valence-corrected chi connectivity index (χ4v) is 4.45. The van der Waals surface area contributed by atoms with Gasteiger partial charge >= 0.3 is 0 Å². The number of rotatable bonds is 2. The molecule has 0 aliphatic rings. The normalized spacial score (nSPS) is 11.5. The Kier molecular flexibility index (Phi) is 3.90. The molecule has 0 radical (unpaired) electrons. The van der Waals surface area contributed by atoms with Crippen molar-refractivity contribution in [3.8, 4) is 22.4 Å². The molecule has 3 aromatic heterocycles. The molecule has 0 aliphatic heterocycles. The maximum absolute atomic E-state index is 6.56. The largest absolute Gasteiger partial charge is 0.453 e. The summed E-state index contributed by atoms with van der Waals surface area (Å²) in [5.41, 5.74) is 8.44. The zero-order valence-electron chi connectivity index (χ0n) is 17.5. The third-order valence-corrected chi connectivity index (χ3v) is 6.09. The first-order valence-electron chi connectivity index (χ1n) is 10.5. The molecule has 0 spiro atoms. The number of nitrogens with zero attached hydrogens (tertiary/aromatic N) is 2. The Bertz CT molecular complexity index is 1600. The molecule has 3 heteroatoms. The lowest BCUT2D eigenvalue weighted by Crippen LogP contribution is -2.30. The third-order valence-electron chi connectivity index (χ3n) is 6.09. The van der Waals surface area contributed by atoms with Gasteiger partial charge in [-0.2, -0.15) is 0 Å². The second-order valence-electron chi connectivity index (χ2n) is 8.04. The van der Waals surface area contributed by atoms with Crippen LogP contribution in [0, 0.1) is 6.92 Å². The molecule has 0 atom stereocenters. The second-order valence-corrected chi connectivity index (χ2v) is 8.04. The van der Waals surface area contributed by atoms with Gasteiger partial charge in [0.2, 0.25) is 5.69 Å². The molecule has 148 valence electrons. The Hall–Kier alpha value is -3.98. The number of aromatic nitrogens is 2. The van der Waals surface area contributed by atoms with Crippen LogP contribution in [0.15, 0.2) is 95.7 Å². The van der Waals surface area contributed by atoms with E-state index in [1.54, 1.807) is 0 Å². The van der Waals surface area contributed by atoms with Gasteiger partial charge in [-0.1, -0.05) is 60.7 Å². The molecule has 6 rings (SSSR count). The minimum absolute atomic E-state index is 0.849. The fraction of sp³-hybridized carbons (Fsp3) is 0.0714. The maximum atomic E-state index is 6.56. The molecule has 6 aromatic rings. The maximum Gasteiger partial charge on any atom is 0.216 e. The molecule has 3 heterocycles. The zero-order chi connectivity index (χ0) is 20.9. The number of hydrogen-bond donors (Lipinski definition) is 0. The van der Waals surface area contributed by atoms with Crippen molar-refractivity contribution in [2.75, 3.05) is 0 Å². The highest BCUT2D eigenvalue weighted by Gasteiger charge is 2.22. The van der Waals surface area contributed by atoms with Crippen LogP contribution in [0.5, 0.6) is 0 Å². The Morgan fingerprint density at radius 1 is 0.774 bits per heavy atom. The predicted molar refractivity (Wildman–Crippen MR) is 126 cm³/mol. The van der Waals surface area contributed by atoms with E-state index in [0.717, 1.165) is 44.1 Å². The molecule has 0 aliphatic carbocycles. The number of aryl methyl sites for hydroxylation is 2. The van der Waals surface area contributed by atoms with Crippen molar-refractivity contribution in [3.63, 3.8) is 0 Å². The first-order chi connectivity index (χ1) is 15.2. The number of fused-ring (bicyclic) bond motifs is 5. The molecular formula is C28H21N2O+. The van der Waals surface area contributed by atoms with Gasteiger partial charge in [-0.3, -0.25) is 4.98 Å². The molecular weight excluding hydrogens is 380 g/mol. The van der Waals surface area contributed by atoms with Crippen LogP contribution in [-0.4, -0.2) is 4.98 Å². The summed E-state index contributed by atoms with van der Waals surface area (Å²) in [6.45, 7) is 2.14. The van der Waals surface area contributed by atoms with Crippen LogP contribution in [0.4, 0.5) is 0 Å². The van der Waals surface area contributed by atoms with E-state index < -0.39 is 0 Å². The molecule has 0 saturated heterocycles. The minimum atomic E-state index is 0.849. The molecule has 3 nitrogen and oxygen atoms in total. The van der Waals surface area contributed by atoms with Gasteiger partial charge in [-0.15, -0.1) is 0 Å². The summed E-state index contributed by atoms with van der Waals surface area (Å²) in [5.74, 6) is 0. The summed E-state index contributed by atoms with van der Waals surface area (Å²) in [4.78, 5) is 4.75. The summed E-state index contributed by atoms with van der Waals surface area (Å²) in [6, 6.07) is 27.4. The van der Waals surface area contributed by atoms with Crippen LogP contribution in [-0.2, 0) is 7.05 Å². The lowest BCUT2D eigenvalue weighted by atomic mass is 9.98. The SMILES string of the molecule is Cc1ccc2c(oc3c4ccccc4cnc23)c1-c1cc(-c2ccccc2)cc[n+]1C. The quantitative estimate of drug-likeness (QED) is 0.306. The van der Waals surface area contributed by atoms with E-state index in [-0.39, 0.29) is 0 Å². The van der Waals surface area contributed by atoms with Crippen LogP contribution in [0.2, 0.25) is 0 Å². The summed E-state index contributed by atoms with van der Waals surface area (Å²) < 4.78 is 8.72. The first-order valence-corrected chi connectivity index (χ1v) is 10.5. The van der Waals surface area contributed by atoms with Gasteiger partial charge in [0.1, 0.15) is 12.6 Å². The molecule has 31 heavy (non-hydrogen) atoms. The summed E-state index contributed by atoms with van der Waals surface area (Å²) in [7, 11) is 2.08.